The van der Waals surface area contributed by atoms with Crippen LogP contribution in [0.4, 0.5) is 0 Å². The molecule has 0 spiro atoms. The minimum absolute atomic E-state index is 0.0123. The van der Waals surface area contributed by atoms with Crippen LogP contribution in [-0.4, -0.2) is 17.9 Å². The van der Waals surface area contributed by atoms with Crippen molar-refractivity contribution in [3.8, 4) is 10.9 Å². The first kappa shape index (κ1) is 15.8. The molecule has 1 atom stereocenters. The van der Waals surface area contributed by atoms with Gasteiger partial charge in [-0.05, 0) is 42.8 Å². The Morgan fingerprint density at radius 3 is 2.70 bits per heavy atom. The first-order valence-electron chi connectivity index (χ1n) is 7.12. The van der Waals surface area contributed by atoms with Crippen molar-refractivity contribution in [1.29, 1.82) is 0 Å². The monoisotopic (exact) mass is 346 g/mol. The number of nitrogens with zero attached hydrogens (tertiary/aromatic N) is 1. The van der Waals surface area contributed by atoms with Crippen LogP contribution in [0.15, 0.2) is 42.5 Å². The molecule has 0 fully saturated rings. The molecule has 3 rings (SSSR count). The van der Waals surface area contributed by atoms with Crippen molar-refractivity contribution in [2.75, 3.05) is 7.05 Å². The van der Waals surface area contributed by atoms with Gasteiger partial charge in [0.25, 0.3) is 5.19 Å². The van der Waals surface area contributed by atoms with Crippen LogP contribution in [0.25, 0.3) is 10.2 Å². The van der Waals surface area contributed by atoms with E-state index in [2.05, 4.69) is 10.3 Å². The van der Waals surface area contributed by atoms with E-state index in [9.17, 15) is 4.79 Å². The summed E-state index contributed by atoms with van der Waals surface area (Å²) in [7, 11) is 1.63. The SMILES string of the molecule is CNC(=O)C(C)c1ccc(Oc2nc3ccc(Cl)cc3s2)cc1. The molecular weight excluding hydrogens is 332 g/mol. The molecule has 0 saturated heterocycles. The van der Waals surface area contributed by atoms with Crippen molar-refractivity contribution in [3.63, 3.8) is 0 Å². The molecular formula is C17H15ClN2O2S. The predicted molar refractivity (Wildman–Crippen MR) is 93.6 cm³/mol. The van der Waals surface area contributed by atoms with Crippen molar-refractivity contribution in [2.45, 2.75) is 12.8 Å². The molecule has 1 heterocycles. The van der Waals surface area contributed by atoms with E-state index in [-0.39, 0.29) is 11.8 Å². The molecule has 1 amide bonds. The molecule has 1 unspecified atom stereocenters. The highest BCUT2D eigenvalue weighted by atomic mass is 35.5. The quantitative estimate of drug-likeness (QED) is 0.751. The highest BCUT2D eigenvalue weighted by Gasteiger charge is 2.13. The minimum atomic E-state index is -0.196. The van der Waals surface area contributed by atoms with Crippen LogP contribution in [0.2, 0.25) is 5.02 Å². The number of halogens is 1. The van der Waals surface area contributed by atoms with Crippen LogP contribution in [0.5, 0.6) is 10.9 Å². The molecule has 0 bridgehead atoms. The smallest absolute Gasteiger partial charge is 0.279 e. The average Bonchev–Trinajstić information content (AvgIpc) is 2.95. The van der Waals surface area contributed by atoms with Crippen LogP contribution < -0.4 is 10.1 Å². The maximum absolute atomic E-state index is 11.7. The van der Waals surface area contributed by atoms with Gasteiger partial charge in [0.05, 0.1) is 16.1 Å². The summed E-state index contributed by atoms with van der Waals surface area (Å²) in [6.07, 6.45) is 0. The molecule has 118 valence electrons. The molecule has 0 saturated carbocycles. The van der Waals surface area contributed by atoms with Gasteiger partial charge in [-0.1, -0.05) is 35.1 Å². The van der Waals surface area contributed by atoms with Crippen molar-refractivity contribution < 1.29 is 9.53 Å². The summed E-state index contributed by atoms with van der Waals surface area (Å²) in [5, 5.41) is 3.89. The number of thiazole rings is 1. The van der Waals surface area contributed by atoms with Crippen LogP contribution in [0, 0.1) is 0 Å². The number of carbonyl (C=O) groups is 1. The topological polar surface area (TPSA) is 51.2 Å². The lowest BCUT2D eigenvalue weighted by Crippen LogP contribution is -2.23. The molecule has 1 aromatic heterocycles. The van der Waals surface area contributed by atoms with E-state index < -0.39 is 0 Å². The maximum atomic E-state index is 11.7. The minimum Gasteiger partial charge on any atom is -0.431 e. The number of ether oxygens (including phenoxy) is 1. The Morgan fingerprint density at radius 1 is 1.26 bits per heavy atom. The Morgan fingerprint density at radius 2 is 2.00 bits per heavy atom. The summed E-state index contributed by atoms with van der Waals surface area (Å²) in [5.41, 5.74) is 1.80. The number of likely N-dealkylation sites (N-methyl/N-ethyl adjacent to an activating group) is 1. The van der Waals surface area contributed by atoms with Gasteiger partial charge in [-0.2, -0.15) is 0 Å². The molecule has 23 heavy (non-hydrogen) atoms. The fourth-order valence-corrected chi connectivity index (χ4v) is 3.33. The number of amides is 1. The lowest BCUT2D eigenvalue weighted by molar-refractivity contribution is -0.121. The Labute approximate surface area is 143 Å². The summed E-state index contributed by atoms with van der Waals surface area (Å²) >= 11 is 7.42. The number of aromatic nitrogens is 1. The van der Waals surface area contributed by atoms with Crippen LogP contribution >= 0.6 is 22.9 Å². The molecule has 0 aliphatic rings. The summed E-state index contributed by atoms with van der Waals surface area (Å²) in [5.74, 6) is 0.475. The van der Waals surface area contributed by atoms with Crippen molar-refractivity contribution in [3.05, 3.63) is 53.1 Å². The highest BCUT2D eigenvalue weighted by molar-refractivity contribution is 7.20. The fraction of sp³-hybridized carbons (Fsp3) is 0.176. The number of fused-ring (bicyclic) bond motifs is 1. The standard InChI is InChI=1S/C17H15ClN2O2S/c1-10(16(21)19-2)11-3-6-13(7-4-11)22-17-20-14-8-5-12(18)9-15(14)23-17/h3-10H,1-2H3,(H,19,21). The zero-order valence-corrected chi connectivity index (χ0v) is 14.2. The van der Waals surface area contributed by atoms with Gasteiger partial charge in [-0.3, -0.25) is 4.79 Å². The lowest BCUT2D eigenvalue weighted by Gasteiger charge is -2.10. The van der Waals surface area contributed by atoms with Gasteiger partial charge in [-0.25, -0.2) is 4.98 Å². The second-order valence-corrected chi connectivity index (χ2v) is 6.53. The number of hydrogen-bond donors (Lipinski definition) is 1. The zero-order chi connectivity index (χ0) is 16.4. The van der Waals surface area contributed by atoms with Gasteiger partial charge >= 0.3 is 0 Å². The van der Waals surface area contributed by atoms with Gasteiger partial charge in [0.1, 0.15) is 5.75 Å². The van der Waals surface area contributed by atoms with Gasteiger partial charge in [0.15, 0.2) is 0 Å². The zero-order valence-electron chi connectivity index (χ0n) is 12.7. The summed E-state index contributed by atoms with van der Waals surface area (Å²) in [6.45, 7) is 1.87. The van der Waals surface area contributed by atoms with Crippen molar-refractivity contribution in [2.24, 2.45) is 0 Å². The summed E-state index contributed by atoms with van der Waals surface area (Å²) in [6, 6.07) is 13.0. The molecule has 1 N–H and O–H groups in total. The van der Waals surface area contributed by atoms with E-state index in [1.807, 2.05) is 49.4 Å². The molecule has 4 nitrogen and oxygen atoms in total. The number of hydrogen-bond acceptors (Lipinski definition) is 4. The molecule has 6 heteroatoms. The Balaban J connectivity index is 1.78. The van der Waals surface area contributed by atoms with E-state index in [1.165, 1.54) is 11.3 Å². The van der Waals surface area contributed by atoms with Gasteiger partial charge in [-0.15, -0.1) is 0 Å². The molecule has 0 aliphatic carbocycles. The molecule has 2 aromatic carbocycles. The summed E-state index contributed by atoms with van der Waals surface area (Å²) in [4.78, 5) is 16.1. The lowest BCUT2D eigenvalue weighted by atomic mass is 10.0. The average molecular weight is 347 g/mol. The molecule has 0 radical (unpaired) electrons. The van der Waals surface area contributed by atoms with Crippen molar-refractivity contribution >= 4 is 39.1 Å². The third kappa shape index (κ3) is 3.46. The third-order valence-electron chi connectivity index (χ3n) is 3.56. The number of carbonyl (C=O) groups excluding carboxylic acids is 1. The van der Waals surface area contributed by atoms with E-state index in [0.717, 1.165) is 15.8 Å². The van der Waals surface area contributed by atoms with E-state index >= 15 is 0 Å². The number of rotatable bonds is 4. The Kier molecular flexibility index (Phi) is 4.50. The van der Waals surface area contributed by atoms with Gasteiger partial charge < -0.3 is 10.1 Å². The van der Waals surface area contributed by atoms with Crippen LogP contribution in [0.3, 0.4) is 0 Å². The van der Waals surface area contributed by atoms with Crippen LogP contribution in [0.1, 0.15) is 18.4 Å². The highest BCUT2D eigenvalue weighted by Crippen LogP contribution is 2.33. The Hall–Kier alpha value is -2.11. The predicted octanol–water partition coefficient (Wildman–Crippen LogP) is 4.59. The Bertz CT molecular complexity index is 845. The van der Waals surface area contributed by atoms with Gasteiger partial charge in [0.2, 0.25) is 5.91 Å². The van der Waals surface area contributed by atoms with Gasteiger partial charge in [0, 0.05) is 12.1 Å². The summed E-state index contributed by atoms with van der Waals surface area (Å²) < 4.78 is 6.77. The van der Waals surface area contributed by atoms with E-state index in [1.54, 1.807) is 7.05 Å². The largest absolute Gasteiger partial charge is 0.431 e. The normalized spacial score (nSPS) is 12.1. The first-order valence-corrected chi connectivity index (χ1v) is 8.32. The maximum Gasteiger partial charge on any atom is 0.279 e. The second kappa shape index (κ2) is 6.56. The van der Waals surface area contributed by atoms with Crippen molar-refractivity contribution in [1.82, 2.24) is 10.3 Å². The van der Waals surface area contributed by atoms with E-state index in [4.69, 9.17) is 16.3 Å². The first-order chi connectivity index (χ1) is 11.1. The second-order valence-electron chi connectivity index (χ2n) is 5.10. The molecule has 0 aliphatic heterocycles. The fourth-order valence-electron chi connectivity index (χ4n) is 2.21. The third-order valence-corrected chi connectivity index (χ3v) is 4.69. The van der Waals surface area contributed by atoms with E-state index in [0.29, 0.717) is 16.0 Å². The number of benzene rings is 2. The molecule has 3 aromatic rings. The van der Waals surface area contributed by atoms with Crippen LogP contribution in [-0.2, 0) is 4.79 Å². The number of nitrogens with one attached hydrogen (secondary N) is 1.